The molecule has 0 bridgehead atoms. The largest absolute Gasteiger partial charge is 0.502 e. The van der Waals surface area contributed by atoms with Crippen LogP contribution in [0.5, 0.6) is 5.75 Å². The molecule has 3 N–H and O–H groups in total. The van der Waals surface area contributed by atoms with E-state index in [1.54, 1.807) is 24.0 Å². The predicted octanol–water partition coefficient (Wildman–Crippen LogP) is 4.08. The second-order valence-electron chi connectivity index (χ2n) is 9.52. The van der Waals surface area contributed by atoms with Crippen molar-refractivity contribution in [3.05, 3.63) is 110 Å². The third kappa shape index (κ3) is 4.00. The van der Waals surface area contributed by atoms with Gasteiger partial charge in [-0.15, -0.1) is 0 Å². The second-order valence-corrected chi connectivity index (χ2v) is 9.52. The van der Waals surface area contributed by atoms with E-state index in [9.17, 15) is 19.5 Å². The molecule has 1 amide bonds. The van der Waals surface area contributed by atoms with Crippen LogP contribution in [0.1, 0.15) is 40.7 Å². The van der Waals surface area contributed by atoms with E-state index in [4.69, 9.17) is 4.42 Å². The molecule has 0 fully saturated rings. The van der Waals surface area contributed by atoms with Crippen LogP contribution < -0.4 is 11.0 Å². The molecule has 5 aromatic rings. The Hall–Kier alpha value is -4.59. The Kier molecular flexibility index (Phi) is 5.44. The maximum absolute atomic E-state index is 13.6. The number of carbonyl (C=O) groups excluding carboxylic acids is 1. The van der Waals surface area contributed by atoms with Crippen molar-refractivity contribution in [2.24, 2.45) is 0 Å². The van der Waals surface area contributed by atoms with Gasteiger partial charge in [-0.1, -0.05) is 36.4 Å². The molecule has 0 radical (unpaired) electrons. The number of rotatable bonds is 4. The molecule has 0 spiro atoms. The molecule has 0 saturated heterocycles. The molecular weight excluding hydrogens is 470 g/mol. The molecule has 0 unspecified atom stereocenters. The van der Waals surface area contributed by atoms with Gasteiger partial charge in [-0.05, 0) is 42.5 Å². The van der Waals surface area contributed by atoms with Crippen LogP contribution in [0.2, 0.25) is 0 Å². The van der Waals surface area contributed by atoms with Gasteiger partial charge >= 0.3 is 0 Å². The number of nitrogens with one attached hydrogen (secondary N) is 2. The quantitative estimate of drug-likeness (QED) is 0.347. The summed E-state index contributed by atoms with van der Waals surface area (Å²) in [5, 5.41) is 12.6. The molecule has 0 saturated carbocycles. The summed E-state index contributed by atoms with van der Waals surface area (Å²) in [7, 11) is 0. The number of amides is 1. The fourth-order valence-corrected chi connectivity index (χ4v) is 5.34. The number of benzene rings is 2. The van der Waals surface area contributed by atoms with Gasteiger partial charge in [0.05, 0.1) is 12.5 Å². The Morgan fingerprint density at radius 2 is 1.81 bits per heavy atom. The fourth-order valence-electron chi connectivity index (χ4n) is 5.34. The first-order valence-corrected chi connectivity index (χ1v) is 12.2. The van der Waals surface area contributed by atoms with Crippen molar-refractivity contribution >= 4 is 27.7 Å². The van der Waals surface area contributed by atoms with Crippen LogP contribution >= 0.6 is 0 Å². The standard InChI is InChI=1S/C29H25N3O5/c1-16-12-25(33)27(35)28(37-16)20(21-13-17-6-2-4-8-22(17)31-29(21)36)14-26(34)32-11-10-19-18-7-3-5-9-23(18)30-24(19)15-32/h2-9,12-13,20,30,35H,10-11,14-15H2,1H3,(H,31,36)/t20-/m0/s1. The van der Waals surface area contributed by atoms with Crippen molar-refractivity contribution in [2.75, 3.05) is 6.54 Å². The van der Waals surface area contributed by atoms with Crippen molar-refractivity contribution in [1.82, 2.24) is 14.9 Å². The molecule has 1 aliphatic rings. The third-order valence-electron chi connectivity index (χ3n) is 7.16. The van der Waals surface area contributed by atoms with E-state index in [1.165, 1.54) is 11.6 Å². The molecule has 37 heavy (non-hydrogen) atoms. The summed E-state index contributed by atoms with van der Waals surface area (Å²) in [4.78, 5) is 47.2. The molecule has 4 heterocycles. The lowest BCUT2D eigenvalue weighted by molar-refractivity contribution is -0.132. The number of hydrogen-bond donors (Lipinski definition) is 3. The number of hydrogen-bond acceptors (Lipinski definition) is 5. The molecule has 186 valence electrons. The number of aromatic amines is 2. The van der Waals surface area contributed by atoms with Crippen LogP contribution in [-0.4, -0.2) is 32.4 Å². The second kappa shape index (κ2) is 8.81. The number of aromatic hydroxyl groups is 1. The van der Waals surface area contributed by atoms with Gasteiger partial charge in [0.2, 0.25) is 17.1 Å². The normalized spacial score (nSPS) is 14.1. The van der Waals surface area contributed by atoms with Crippen molar-refractivity contribution in [3.63, 3.8) is 0 Å². The van der Waals surface area contributed by atoms with Crippen molar-refractivity contribution < 1.29 is 14.3 Å². The number of pyridine rings is 1. The van der Waals surface area contributed by atoms with Gasteiger partial charge in [0.25, 0.3) is 5.56 Å². The molecular formula is C29H25N3O5. The van der Waals surface area contributed by atoms with Gasteiger partial charge in [-0.2, -0.15) is 0 Å². The van der Waals surface area contributed by atoms with E-state index in [0.29, 0.717) is 25.0 Å². The van der Waals surface area contributed by atoms with Crippen LogP contribution in [0.15, 0.2) is 74.7 Å². The Bertz CT molecular complexity index is 1800. The van der Waals surface area contributed by atoms with E-state index in [-0.39, 0.29) is 29.4 Å². The Morgan fingerprint density at radius 3 is 2.65 bits per heavy atom. The summed E-state index contributed by atoms with van der Waals surface area (Å²) in [6.45, 7) is 2.53. The minimum Gasteiger partial charge on any atom is -0.502 e. The van der Waals surface area contributed by atoms with Crippen LogP contribution in [0.3, 0.4) is 0 Å². The van der Waals surface area contributed by atoms with Gasteiger partial charge in [0, 0.05) is 46.7 Å². The number of carbonyl (C=O) groups is 1. The number of fused-ring (bicyclic) bond motifs is 4. The van der Waals surface area contributed by atoms with Crippen molar-refractivity contribution in [2.45, 2.75) is 32.2 Å². The first-order chi connectivity index (χ1) is 17.9. The molecule has 0 aliphatic carbocycles. The molecule has 8 nitrogen and oxygen atoms in total. The van der Waals surface area contributed by atoms with Crippen molar-refractivity contribution in [1.29, 1.82) is 0 Å². The molecule has 1 atom stereocenters. The number of aryl methyl sites for hydroxylation is 1. The summed E-state index contributed by atoms with van der Waals surface area (Å²) in [6, 6.07) is 18.3. The fraction of sp³-hybridized carbons (Fsp3) is 0.207. The molecule has 1 aliphatic heterocycles. The molecule has 6 rings (SSSR count). The van der Waals surface area contributed by atoms with E-state index in [0.717, 1.165) is 22.0 Å². The van der Waals surface area contributed by atoms with Crippen LogP contribution in [0.4, 0.5) is 0 Å². The van der Waals surface area contributed by atoms with E-state index >= 15 is 0 Å². The van der Waals surface area contributed by atoms with E-state index in [1.807, 2.05) is 36.4 Å². The number of aromatic nitrogens is 2. The van der Waals surface area contributed by atoms with Gasteiger partial charge in [-0.25, -0.2) is 0 Å². The maximum Gasteiger partial charge on any atom is 0.252 e. The topological polar surface area (TPSA) is 119 Å². The lowest BCUT2D eigenvalue weighted by Gasteiger charge is -2.29. The first kappa shape index (κ1) is 22.8. The lowest BCUT2D eigenvalue weighted by Crippen LogP contribution is -2.37. The number of nitrogens with zero attached hydrogens (tertiary/aromatic N) is 1. The highest BCUT2D eigenvalue weighted by atomic mass is 16.4. The molecule has 3 aromatic heterocycles. The highest BCUT2D eigenvalue weighted by Crippen LogP contribution is 2.34. The van der Waals surface area contributed by atoms with Crippen molar-refractivity contribution in [3.8, 4) is 5.75 Å². The van der Waals surface area contributed by atoms with Crippen LogP contribution in [0.25, 0.3) is 21.8 Å². The monoisotopic (exact) mass is 495 g/mol. The zero-order valence-corrected chi connectivity index (χ0v) is 20.2. The summed E-state index contributed by atoms with van der Waals surface area (Å²) < 4.78 is 5.78. The smallest absolute Gasteiger partial charge is 0.252 e. The van der Waals surface area contributed by atoms with E-state index in [2.05, 4.69) is 16.0 Å². The highest BCUT2D eigenvalue weighted by Gasteiger charge is 2.31. The SMILES string of the molecule is Cc1cc(=O)c(O)c([C@@H](CC(=O)N2CCc3c([nH]c4ccccc34)C2)c2cc3ccccc3[nH]c2=O)o1. The summed E-state index contributed by atoms with van der Waals surface area (Å²) in [6.07, 6.45) is 0.564. The molecule has 8 heteroatoms. The Morgan fingerprint density at radius 1 is 1.05 bits per heavy atom. The minimum absolute atomic E-state index is 0.0811. The highest BCUT2D eigenvalue weighted by molar-refractivity contribution is 5.86. The minimum atomic E-state index is -0.947. The third-order valence-corrected chi connectivity index (χ3v) is 7.16. The van der Waals surface area contributed by atoms with Gasteiger partial charge < -0.3 is 24.4 Å². The lowest BCUT2D eigenvalue weighted by atomic mass is 9.91. The Balaban J connectivity index is 1.39. The van der Waals surface area contributed by atoms with Gasteiger partial charge in [0.1, 0.15) is 5.76 Å². The average molecular weight is 496 g/mol. The summed E-state index contributed by atoms with van der Waals surface area (Å²) >= 11 is 0. The van der Waals surface area contributed by atoms with Gasteiger partial charge in [0.15, 0.2) is 5.76 Å². The number of H-pyrrole nitrogens is 2. The van der Waals surface area contributed by atoms with E-state index < -0.39 is 22.7 Å². The first-order valence-electron chi connectivity index (χ1n) is 12.2. The Labute approximate surface area is 211 Å². The summed E-state index contributed by atoms with van der Waals surface area (Å²) in [5.74, 6) is -1.54. The van der Waals surface area contributed by atoms with Crippen LogP contribution in [-0.2, 0) is 17.8 Å². The molecule has 2 aromatic carbocycles. The van der Waals surface area contributed by atoms with Crippen LogP contribution in [0, 0.1) is 6.92 Å². The maximum atomic E-state index is 13.6. The zero-order valence-electron chi connectivity index (χ0n) is 20.2. The summed E-state index contributed by atoms with van der Waals surface area (Å²) in [5.41, 5.74) is 3.12. The zero-order chi connectivity index (χ0) is 25.7. The predicted molar refractivity (Wildman–Crippen MR) is 140 cm³/mol. The number of para-hydroxylation sites is 2. The average Bonchev–Trinajstić information content (AvgIpc) is 3.27. The van der Waals surface area contributed by atoms with Gasteiger partial charge in [-0.3, -0.25) is 14.4 Å².